The minimum absolute atomic E-state index is 0.505. The van der Waals surface area contributed by atoms with Gasteiger partial charge in [0.05, 0.1) is 0 Å². The Bertz CT molecular complexity index is 517. The molecule has 0 radical (unpaired) electrons. The quantitative estimate of drug-likeness (QED) is 0.891. The van der Waals surface area contributed by atoms with Crippen LogP contribution in [0.1, 0.15) is 22.3 Å². The van der Waals surface area contributed by atoms with Crippen LogP contribution < -0.4 is 10.5 Å². The summed E-state index contributed by atoms with van der Waals surface area (Å²) in [5, 5.41) is 0. The van der Waals surface area contributed by atoms with Crippen molar-refractivity contribution >= 4 is 0 Å². The lowest BCUT2D eigenvalue weighted by molar-refractivity contribution is 0.303. The zero-order valence-electron chi connectivity index (χ0n) is 10.9. The number of hydrogen-bond donors (Lipinski definition) is 1. The standard InChI is InChI=1S/C16H19NO/c1-12-3-6-14(7-4-12)11-18-16-8-5-13(2)9-15(16)10-17/h3-9H,10-11,17H2,1-2H3. The van der Waals surface area contributed by atoms with Gasteiger partial charge in [-0.3, -0.25) is 0 Å². The van der Waals surface area contributed by atoms with Gasteiger partial charge in [-0.05, 0) is 25.5 Å². The van der Waals surface area contributed by atoms with E-state index < -0.39 is 0 Å². The van der Waals surface area contributed by atoms with Crippen LogP contribution in [0.25, 0.3) is 0 Å². The Hall–Kier alpha value is -1.80. The zero-order valence-corrected chi connectivity index (χ0v) is 10.9. The van der Waals surface area contributed by atoms with E-state index in [9.17, 15) is 0 Å². The summed E-state index contributed by atoms with van der Waals surface area (Å²) in [5.74, 6) is 0.878. The second-order valence-corrected chi connectivity index (χ2v) is 4.59. The average molecular weight is 241 g/mol. The van der Waals surface area contributed by atoms with Gasteiger partial charge in [0.1, 0.15) is 12.4 Å². The molecule has 0 amide bonds. The van der Waals surface area contributed by atoms with E-state index in [0.29, 0.717) is 13.2 Å². The van der Waals surface area contributed by atoms with Crippen LogP contribution in [0.4, 0.5) is 0 Å². The van der Waals surface area contributed by atoms with Crippen molar-refractivity contribution in [2.24, 2.45) is 5.73 Å². The predicted octanol–water partition coefficient (Wildman–Crippen LogP) is 3.34. The van der Waals surface area contributed by atoms with Crippen molar-refractivity contribution in [2.45, 2.75) is 27.0 Å². The van der Waals surface area contributed by atoms with Crippen molar-refractivity contribution in [3.63, 3.8) is 0 Å². The van der Waals surface area contributed by atoms with Crippen LogP contribution in [-0.2, 0) is 13.2 Å². The molecule has 0 aliphatic heterocycles. The SMILES string of the molecule is Cc1ccc(COc2ccc(C)cc2CN)cc1. The van der Waals surface area contributed by atoms with E-state index >= 15 is 0 Å². The number of benzene rings is 2. The summed E-state index contributed by atoms with van der Waals surface area (Å²) >= 11 is 0. The Labute approximate surface area is 108 Å². The molecule has 0 heterocycles. The van der Waals surface area contributed by atoms with Crippen LogP contribution in [0.5, 0.6) is 5.75 Å². The van der Waals surface area contributed by atoms with Crippen LogP contribution in [0.15, 0.2) is 42.5 Å². The number of ether oxygens (including phenoxy) is 1. The molecule has 2 heteroatoms. The van der Waals surface area contributed by atoms with Gasteiger partial charge in [-0.15, -0.1) is 0 Å². The summed E-state index contributed by atoms with van der Waals surface area (Å²) in [7, 11) is 0. The third-order valence-corrected chi connectivity index (χ3v) is 2.95. The van der Waals surface area contributed by atoms with Crippen LogP contribution in [0.2, 0.25) is 0 Å². The summed E-state index contributed by atoms with van der Waals surface area (Å²) < 4.78 is 5.83. The van der Waals surface area contributed by atoms with Gasteiger partial charge in [0.15, 0.2) is 0 Å². The van der Waals surface area contributed by atoms with Crippen LogP contribution in [0, 0.1) is 13.8 Å². The van der Waals surface area contributed by atoms with Crippen molar-refractivity contribution in [2.75, 3.05) is 0 Å². The molecule has 0 unspecified atom stereocenters. The largest absolute Gasteiger partial charge is 0.489 e. The molecule has 0 aromatic heterocycles. The van der Waals surface area contributed by atoms with Gasteiger partial charge in [0, 0.05) is 12.1 Å². The lowest BCUT2D eigenvalue weighted by Gasteiger charge is -2.11. The summed E-state index contributed by atoms with van der Waals surface area (Å²) in [5.41, 5.74) is 10.4. The molecule has 0 saturated heterocycles. The minimum atomic E-state index is 0.505. The first-order valence-corrected chi connectivity index (χ1v) is 6.17. The highest BCUT2D eigenvalue weighted by Crippen LogP contribution is 2.20. The minimum Gasteiger partial charge on any atom is -0.489 e. The maximum Gasteiger partial charge on any atom is 0.124 e. The van der Waals surface area contributed by atoms with Crippen LogP contribution >= 0.6 is 0 Å². The molecule has 0 aliphatic rings. The van der Waals surface area contributed by atoms with Gasteiger partial charge in [-0.2, -0.15) is 0 Å². The van der Waals surface area contributed by atoms with Gasteiger partial charge >= 0.3 is 0 Å². The van der Waals surface area contributed by atoms with E-state index in [4.69, 9.17) is 10.5 Å². The Morgan fingerprint density at radius 1 is 0.944 bits per heavy atom. The van der Waals surface area contributed by atoms with E-state index in [1.165, 1.54) is 16.7 Å². The smallest absolute Gasteiger partial charge is 0.124 e. The van der Waals surface area contributed by atoms with Crippen LogP contribution in [0.3, 0.4) is 0 Å². The van der Waals surface area contributed by atoms with E-state index in [2.05, 4.69) is 44.2 Å². The molecular weight excluding hydrogens is 222 g/mol. The molecule has 0 bridgehead atoms. The van der Waals surface area contributed by atoms with Gasteiger partial charge in [0.25, 0.3) is 0 Å². The van der Waals surface area contributed by atoms with Gasteiger partial charge in [-0.25, -0.2) is 0 Å². The number of rotatable bonds is 4. The highest BCUT2D eigenvalue weighted by Gasteiger charge is 2.03. The predicted molar refractivity (Wildman–Crippen MR) is 74.6 cm³/mol. The van der Waals surface area contributed by atoms with Crippen molar-refractivity contribution in [1.82, 2.24) is 0 Å². The number of aryl methyl sites for hydroxylation is 2. The summed E-state index contributed by atoms with van der Waals surface area (Å²) in [6.45, 7) is 5.22. The van der Waals surface area contributed by atoms with Gasteiger partial charge in [-0.1, -0.05) is 47.5 Å². The van der Waals surface area contributed by atoms with Gasteiger partial charge < -0.3 is 10.5 Å². The fourth-order valence-corrected chi connectivity index (χ4v) is 1.85. The Morgan fingerprint density at radius 2 is 1.61 bits per heavy atom. The first-order valence-electron chi connectivity index (χ1n) is 6.17. The molecule has 2 aromatic carbocycles. The third-order valence-electron chi connectivity index (χ3n) is 2.95. The first kappa shape index (κ1) is 12.7. The summed E-state index contributed by atoms with van der Waals surface area (Å²) in [6.07, 6.45) is 0. The Morgan fingerprint density at radius 3 is 2.28 bits per heavy atom. The van der Waals surface area contributed by atoms with E-state index in [1.807, 2.05) is 12.1 Å². The van der Waals surface area contributed by atoms with Crippen molar-refractivity contribution in [3.05, 3.63) is 64.7 Å². The zero-order chi connectivity index (χ0) is 13.0. The molecule has 0 saturated carbocycles. The average Bonchev–Trinajstić information content (AvgIpc) is 2.39. The lowest BCUT2D eigenvalue weighted by Crippen LogP contribution is -2.03. The fourth-order valence-electron chi connectivity index (χ4n) is 1.85. The number of nitrogens with two attached hydrogens (primary N) is 1. The van der Waals surface area contributed by atoms with Crippen molar-refractivity contribution in [1.29, 1.82) is 0 Å². The first-order chi connectivity index (χ1) is 8.69. The van der Waals surface area contributed by atoms with Gasteiger partial charge in [0.2, 0.25) is 0 Å². The summed E-state index contributed by atoms with van der Waals surface area (Å²) in [6, 6.07) is 14.5. The van der Waals surface area contributed by atoms with Crippen molar-refractivity contribution in [3.8, 4) is 5.75 Å². The summed E-state index contributed by atoms with van der Waals surface area (Å²) in [4.78, 5) is 0. The molecule has 2 aromatic rings. The molecule has 94 valence electrons. The molecular formula is C16H19NO. The maximum absolute atomic E-state index is 5.83. The number of hydrogen-bond acceptors (Lipinski definition) is 2. The molecule has 0 atom stereocenters. The Balaban J connectivity index is 2.08. The molecule has 0 aliphatic carbocycles. The lowest BCUT2D eigenvalue weighted by atomic mass is 10.1. The normalized spacial score (nSPS) is 10.4. The molecule has 2 N–H and O–H groups in total. The van der Waals surface area contributed by atoms with Crippen LogP contribution in [-0.4, -0.2) is 0 Å². The highest BCUT2D eigenvalue weighted by atomic mass is 16.5. The third kappa shape index (κ3) is 3.11. The molecule has 2 nitrogen and oxygen atoms in total. The molecule has 0 spiro atoms. The van der Waals surface area contributed by atoms with E-state index in [-0.39, 0.29) is 0 Å². The Kier molecular flexibility index (Phi) is 4.00. The molecule has 18 heavy (non-hydrogen) atoms. The van der Waals surface area contributed by atoms with Crippen molar-refractivity contribution < 1.29 is 4.74 Å². The maximum atomic E-state index is 5.83. The second-order valence-electron chi connectivity index (χ2n) is 4.59. The monoisotopic (exact) mass is 241 g/mol. The highest BCUT2D eigenvalue weighted by molar-refractivity contribution is 5.37. The second kappa shape index (κ2) is 5.69. The topological polar surface area (TPSA) is 35.2 Å². The fraction of sp³-hybridized carbons (Fsp3) is 0.250. The molecule has 0 fully saturated rings. The van der Waals surface area contributed by atoms with E-state index in [0.717, 1.165) is 11.3 Å². The van der Waals surface area contributed by atoms with E-state index in [1.54, 1.807) is 0 Å². The molecule has 2 rings (SSSR count).